The molecule has 3 aromatic carbocycles. The van der Waals surface area contributed by atoms with Gasteiger partial charge in [0.15, 0.2) is 5.13 Å². The zero-order valence-electron chi connectivity index (χ0n) is 15.5. The van der Waals surface area contributed by atoms with Crippen molar-refractivity contribution in [1.82, 2.24) is 4.98 Å². The number of anilines is 1. The van der Waals surface area contributed by atoms with E-state index in [4.69, 9.17) is 0 Å². The van der Waals surface area contributed by atoms with Crippen LogP contribution in [0.1, 0.15) is 16.0 Å². The van der Waals surface area contributed by atoms with Crippen molar-refractivity contribution in [2.45, 2.75) is 6.42 Å². The Morgan fingerprint density at radius 2 is 1.79 bits per heavy atom. The standard InChI is InChI=1S/C24H17N3OS/c25-15-20(14-19-11-6-10-18-9-4-5-12-22(18)19)23(28)27-24-26-16-21(29-24)13-17-7-2-1-3-8-17/h1-12,14,16H,13H2,(H,26,27,28)/b20-14+. The highest BCUT2D eigenvalue weighted by molar-refractivity contribution is 7.15. The fourth-order valence-electron chi connectivity index (χ4n) is 3.09. The van der Waals surface area contributed by atoms with E-state index < -0.39 is 5.91 Å². The predicted molar refractivity (Wildman–Crippen MR) is 118 cm³/mol. The summed E-state index contributed by atoms with van der Waals surface area (Å²) >= 11 is 1.41. The molecule has 1 aromatic heterocycles. The van der Waals surface area contributed by atoms with Crippen molar-refractivity contribution < 1.29 is 4.79 Å². The summed E-state index contributed by atoms with van der Waals surface area (Å²) in [5.41, 5.74) is 2.06. The molecule has 1 N–H and O–H groups in total. The zero-order chi connectivity index (χ0) is 20.1. The Bertz CT molecular complexity index is 1230. The lowest BCUT2D eigenvalue weighted by atomic mass is 10.0. The molecular weight excluding hydrogens is 378 g/mol. The number of carbonyl (C=O) groups excluding carboxylic acids is 1. The van der Waals surface area contributed by atoms with Gasteiger partial charge in [-0.15, -0.1) is 11.3 Å². The highest BCUT2D eigenvalue weighted by Gasteiger charge is 2.13. The minimum Gasteiger partial charge on any atom is -0.297 e. The number of amides is 1. The summed E-state index contributed by atoms with van der Waals surface area (Å²) in [6.45, 7) is 0. The Kier molecular flexibility index (Phi) is 5.46. The Morgan fingerprint density at radius 1 is 1.03 bits per heavy atom. The maximum atomic E-state index is 12.6. The molecule has 0 atom stereocenters. The first kappa shape index (κ1) is 18.6. The molecule has 0 aliphatic heterocycles. The number of hydrogen-bond donors (Lipinski definition) is 1. The van der Waals surface area contributed by atoms with Crippen molar-refractivity contribution in [2.75, 3.05) is 5.32 Å². The van der Waals surface area contributed by atoms with E-state index >= 15 is 0 Å². The van der Waals surface area contributed by atoms with Crippen LogP contribution in [-0.4, -0.2) is 10.9 Å². The lowest BCUT2D eigenvalue weighted by molar-refractivity contribution is -0.112. The summed E-state index contributed by atoms with van der Waals surface area (Å²) < 4.78 is 0. The Morgan fingerprint density at radius 3 is 2.62 bits per heavy atom. The zero-order valence-corrected chi connectivity index (χ0v) is 16.3. The van der Waals surface area contributed by atoms with Gasteiger partial charge in [-0.05, 0) is 28.0 Å². The molecule has 4 nitrogen and oxygen atoms in total. The van der Waals surface area contributed by atoms with Crippen molar-refractivity contribution in [3.8, 4) is 6.07 Å². The van der Waals surface area contributed by atoms with E-state index in [-0.39, 0.29) is 5.57 Å². The van der Waals surface area contributed by atoms with Crippen molar-refractivity contribution in [1.29, 1.82) is 5.26 Å². The van der Waals surface area contributed by atoms with Crippen molar-refractivity contribution in [3.05, 3.63) is 101 Å². The molecule has 0 spiro atoms. The van der Waals surface area contributed by atoms with Gasteiger partial charge in [-0.25, -0.2) is 4.98 Å². The molecule has 29 heavy (non-hydrogen) atoms. The molecular formula is C24H17N3OS. The van der Waals surface area contributed by atoms with Crippen LogP contribution in [0.25, 0.3) is 16.8 Å². The number of nitrogens with zero attached hydrogens (tertiary/aromatic N) is 2. The fourth-order valence-corrected chi connectivity index (χ4v) is 3.93. The monoisotopic (exact) mass is 395 g/mol. The SMILES string of the molecule is N#C/C(=C\c1cccc2ccccc12)C(=O)Nc1ncc(Cc2ccccc2)s1. The van der Waals surface area contributed by atoms with Crippen LogP contribution in [0.5, 0.6) is 0 Å². The normalized spacial score (nSPS) is 11.2. The Hall–Kier alpha value is -3.75. The number of aromatic nitrogens is 1. The summed E-state index contributed by atoms with van der Waals surface area (Å²) in [5.74, 6) is -0.457. The molecule has 0 aliphatic carbocycles. The predicted octanol–water partition coefficient (Wildman–Crippen LogP) is 5.43. The van der Waals surface area contributed by atoms with E-state index in [2.05, 4.69) is 22.4 Å². The summed E-state index contributed by atoms with van der Waals surface area (Å²) in [7, 11) is 0. The van der Waals surface area contributed by atoms with Crippen molar-refractivity contribution in [2.24, 2.45) is 0 Å². The van der Waals surface area contributed by atoms with Gasteiger partial charge in [0.1, 0.15) is 11.6 Å². The van der Waals surface area contributed by atoms with Crippen LogP contribution < -0.4 is 5.32 Å². The van der Waals surface area contributed by atoms with E-state index in [1.54, 1.807) is 12.3 Å². The largest absolute Gasteiger partial charge is 0.297 e. The van der Waals surface area contributed by atoms with Gasteiger partial charge in [-0.3, -0.25) is 10.1 Å². The average Bonchev–Trinajstić information content (AvgIpc) is 3.19. The third-order valence-corrected chi connectivity index (χ3v) is 5.40. The lowest BCUT2D eigenvalue weighted by Crippen LogP contribution is -2.13. The van der Waals surface area contributed by atoms with Crippen LogP contribution in [0.3, 0.4) is 0 Å². The molecule has 1 heterocycles. The molecule has 4 rings (SSSR count). The van der Waals surface area contributed by atoms with Gasteiger partial charge in [-0.2, -0.15) is 5.26 Å². The molecule has 1 amide bonds. The first-order chi connectivity index (χ1) is 14.2. The highest BCUT2D eigenvalue weighted by atomic mass is 32.1. The van der Waals surface area contributed by atoms with E-state index in [0.717, 1.165) is 27.6 Å². The van der Waals surface area contributed by atoms with Crippen molar-refractivity contribution in [3.63, 3.8) is 0 Å². The minimum absolute atomic E-state index is 0.0427. The average molecular weight is 395 g/mol. The number of fused-ring (bicyclic) bond motifs is 1. The van der Waals surface area contributed by atoms with Crippen LogP contribution in [0, 0.1) is 11.3 Å². The summed E-state index contributed by atoms with van der Waals surface area (Å²) in [5, 5.41) is 14.8. The number of hydrogen-bond acceptors (Lipinski definition) is 4. The molecule has 140 valence electrons. The van der Waals surface area contributed by atoms with E-state index in [0.29, 0.717) is 5.13 Å². The number of benzene rings is 3. The Balaban J connectivity index is 1.52. The summed E-state index contributed by atoms with van der Waals surface area (Å²) in [6, 6.07) is 25.8. The maximum Gasteiger partial charge on any atom is 0.268 e. The minimum atomic E-state index is -0.457. The van der Waals surface area contributed by atoms with Gasteiger partial charge in [0.25, 0.3) is 5.91 Å². The van der Waals surface area contributed by atoms with Crippen molar-refractivity contribution >= 4 is 39.2 Å². The van der Waals surface area contributed by atoms with Crippen LogP contribution in [0.2, 0.25) is 0 Å². The third kappa shape index (κ3) is 4.40. The van der Waals surface area contributed by atoms with E-state index in [1.807, 2.05) is 66.7 Å². The molecule has 0 saturated carbocycles. The topological polar surface area (TPSA) is 65.8 Å². The summed E-state index contributed by atoms with van der Waals surface area (Å²) in [4.78, 5) is 17.9. The molecule has 0 unspecified atom stereocenters. The molecule has 0 bridgehead atoms. The fraction of sp³-hybridized carbons (Fsp3) is 0.0417. The van der Waals surface area contributed by atoms with Gasteiger partial charge in [0.2, 0.25) is 0 Å². The number of nitrogens with one attached hydrogen (secondary N) is 1. The quantitative estimate of drug-likeness (QED) is 0.362. The molecule has 0 aliphatic rings. The molecule has 0 saturated heterocycles. The lowest BCUT2D eigenvalue weighted by Gasteiger charge is -2.04. The Labute approximate surface area is 172 Å². The van der Waals surface area contributed by atoms with Crippen LogP contribution in [-0.2, 0) is 11.2 Å². The van der Waals surface area contributed by atoms with E-state index in [1.165, 1.54) is 16.9 Å². The molecule has 0 fully saturated rings. The number of rotatable bonds is 5. The van der Waals surface area contributed by atoms with Crippen LogP contribution in [0.15, 0.2) is 84.6 Å². The first-order valence-electron chi connectivity index (χ1n) is 9.12. The van der Waals surface area contributed by atoms with Gasteiger partial charge in [-0.1, -0.05) is 72.8 Å². The highest BCUT2D eigenvalue weighted by Crippen LogP contribution is 2.23. The second-order valence-electron chi connectivity index (χ2n) is 6.49. The molecule has 4 aromatic rings. The second-order valence-corrected chi connectivity index (χ2v) is 7.60. The smallest absolute Gasteiger partial charge is 0.268 e. The molecule has 5 heteroatoms. The third-order valence-electron chi connectivity index (χ3n) is 4.48. The van der Waals surface area contributed by atoms with Gasteiger partial charge < -0.3 is 0 Å². The number of carbonyl (C=O) groups is 1. The van der Waals surface area contributed by atoms with Gasteiger partial charge in [0, 0.05) is 17.5 Å². The summed E-state index contributed by atoms with van der Waals surface area (Å²) in [6.07, 6.45) is 4.13. The van der Waals surface area contributed by atoms with Gasteiger partial charge in [0.05, 0.1) is 0 Å². The molecule has 0 radical (unpaired) electrons. The maximum absolute atomic E-state index is 12.6. The van der Waals surface area contributed by atoms with Gasteiger partial charge >= 0.3 is 0 Å². The van der Waals surface area contributed by atoms with E-state index in [9.17, 15) is 10.1 Å². The van der Waals surface area contributed by atoms with Crippen LogP contribution in [0.4, 0.5) is 5.13 Å². The van der Waals surface area contributed by atoms with Crippen LogP contribution >= 0.6 is 11.3 Å². The number of nitriles is 1. The number of thiazole rings is 1. The first-order valence-corrected chi connectivity index (χ1v) is 9.94. The second kappa shape index (κ2) is 8.51.